The first-order valence-electron chi connectivity index (χ1n) is 6.07. The Hall–Kier alpha value is -3.27. The van der Waals surface area contributed by atoms with Crippen LogP contribution in [0.25, 0.3) is 6.08 Å². The number of thiophene rings is 1. The van der Waals surface area contributed by atoms with Crippen molar-refractivity contribution in [1.82, 2.24) is 0 Å². The van der Waals surface area contributed by atoms with E-state index in [0.717, 1.165) is 35.6 Å². The molecule has 1 amide bonds. The fourth-order valence-corrected chi connectivity index (χ4v) is 2.32. The molecular formula is C13H9N3O6S. The van der Waals surface area contributed by atoms with Crippen LogP contribution in [0.4, 0.5) is 16.4 Å². The lowest BCUT2D eigenvalue weighted by atomic mass is 10.2. The van der Waals surface area contributed by atoms with Crippen LogP contribution in [-0.4, -0.2) is 20.9 Å². The molecular weight excluding hydrogens is 326 g/mol. The molecule has 9 nitrogen and oxygen atoms in total. The molecule has 0 saturated carbocycles. The van der Waals surface area contributed by atoms with Crippen LogP contribution in [0.5, 0.6) is 5.75 Å². The minimum Gasteiger partial charge on any atom is -0.506 e. The van der Waals surface area contributed by atoms with Gasteiger partial charge in [0.15, 0.2) is 0 Å². The molecule has 0 unspecified atom stereocenters. The summed E-state index contributed by atoms with van der Waals surface area (Å²) in [5.74, 6) is -0.957. The number of carbonyl (C=O) groups is 1. The number of benzene rings is 1. The van der Waals surface area contributed by atoms with E-state index >= 15 is 0 Å². The quantitative estimate of drug-likeness (QED) is 0.373. The number of phenols is 1. The Balaban J connectivity index is 2.09. The highest BCUT2D eigenvalue weighted by molar-refractivity contribution is 7.16. The summed E-state index contributed by atoms with van der Waals surface area (Å²) in [4.78, 5) is 32.3. The third kappa shape index (κ3) is 4.11. The summed E-state index contributed by atoms with van der Waals surface area (Å²) in [6, 6.07) is 6.02. The summed E-state index contributed by atoms with van der Waals surface area (Å²) in [5.41, 5.74) is -0.387. The lowest BCUT2D eigenvalue weighted by molar-refractivity contribution is -0.384. The van der Waals surface area contributed by atoms with Crippen molar-refractivity contribution < 1.29 is 19.7 Å². The number of amides is 1. The standard InChI is InChI=1S/C13H9N3O6S/c17-11-4-1-8(15(19)20)7-10(11)14-12(18)5-2-9-3-6-13(23-9)16(21)22/h1-7,17H,(H,14,18)/b5-2+. The minimum atomic E-state index is -0.657. The van der Waals surface area contributed by atoms with Crippen molar-refractivity contribution in [2.45, 2.75) is 0 Å². The number of rotatable bonds is 5. The monoisotopic (exact) mass is 335 g/mol. The Bertz CT molecular complexity index is 814. The van der Waals surface area contributed by atoms with Gasteiger partial charge in [-0.25, -0.2) is 0 Å². The molecule has 0 bridgehead atoms. The van der Waals surface area contributed by atoms with Gasteiger partial charge < -0.3 is 10.4 Å². The van der Waals surface area contributed by atoms with Crippen LogP contribution in [0.3, 0.4) is 0 Å². The molecule has 23 heavy (non-hydrogen) atoms. The summed E-state index contributed by atoms with van der Waals surface area (Å²) in [6.07, 6.45) is 2.47. The highest BCUT2D eigenvalue weighted by Crippen LogP contribution is 2.28. The molecule has 118 valence electrons. The van der Waals surface area contributed by atoms with Crippen molar-refractivity contribution in [1.29, 1.82) is 0 Å². The van der Waals surface area contributed by atoms with Crippen LogP contribution in [0.1, 0.15) is 4.88 Å². The van der Waals surface area contributed by atoms with Gasteiger partial charge in [-0.05, 0) is 18.2 Å². The van der Waals surface area contributed by atoms with E-state index in [2.05, 4.69) is 5.32 Å². The van der Waals surface area contributed by atoms with Crippen LogP contribution in [0.2, 0.25) is 0 Å². The van der Waals surface area contributed by atoms with Gasteiger partial charge in [0, 0.05) is 29.2 Å². The zero-order chi connectivity index (χ0) is 17.0. The maximum absolute atomic E-state index is 11.8. The molecule has 2 aromatic rings. The van der Waals surface area contributed by atoms with Crippen LogP contribution < -0.4 is 5.32 Å². The first-order valence-corrected chi connectivity index (χ1v) is 6.89. The largest absolute Gasteiger partial charge is 0.506 e. The van der Waals surface area contributed by atoms with E-state index < -0.39 is 15.8 Å². The van der Waals surface area contributed by atoms with Crippen molar-refractivity contribution in [3.05, 3.63) is 61.5 Å². The number of nitro groups is 2. The van der Waals surface area contributed by atoms with E-state index in [9.17, 15) is 30.1 Å². The summed E-state index contributed by atoms with van der Waals surface area (Å²) >= 11 is 0.894. The number of nitrogens with one attached hydrogen (secondary N) is 1. The molecule has 2 N–H and O–H groups in total. The van der Waals surface area contributed by atoms with Gasteiger partial charge >= 0.3 is 5.00 Å². The van der Waals surface area contributed by atoms with Gasteiger partial charge in [0.2, 0.25) is 5.91 Å². The number of hydrogen-bond acceptors (Lipinski definition) is 7. The Morgan fingerprint density at radius 3 is 2.52 bits per heavy atom. The van der Waals surface area contributed by atoms with Gasteiger partial charge in [0.1, 0.15) is 5.75 Å². The fraction of sp³-hybridized carbons (Fsp3) is 0. The first-order chi connectivity index (χ1) is 10.9. The molecule has 0 saturated heterocycles. The fourth-order valence-electron chi connectivity index (χ4n) is 1.60. The number of hydrogen-bond donors (Lipinski definition) is 2. The third-order valence-corrected chi connectivity index (χ3v) is 3.64. The third-order valence-electron chi connectivity index (χ3n) is 2.64. The van der Waals surface area contributed by atoms with E-state index in [1.54, 1.807) is 0 Å². The minimum absolute atomic E-state index is 0.0543. The number of nitrogens with zero attached hydrogens (tertiary/aromatic N) is 2. The highest BCUT2D eigenvalue weighted by atomic mass is 32.1. The van der Waals surface area contributed by atoms with Crippen molar-refractivity contribution in [3.8, 4) is 5.75 Å². The van der Waals surface area contributed by atoms with Gasteiger partial charge in [-0.2, -0.15) is 0 Å². The number of carbonyl (C=O) groups excluding carboxylic acids is 1. The smallest absolute Gasteiger partial charge is 0.324 e. The number of anilines is 1. The Morgan fingerprint density at radius 2 is 1.91 bits per heavy atom. The zero-order valence-corrected chi connectivity index (χ0v) is 12.1. The lowest BCUT2D eigenvalue weighted by Gasteiger charge is -2.04. The van der Waals surface area contributed by atoms with Gasteiger partial charge in [0.25, 0.3) is 5.69 Å². The second-order valence-electron chi connectivity index (χ2n) is 4.21. The number of nitro benzene ring substituents is 1. The molecule has 0 aliphatic rings. The first kappa shape index (κ1) is 16.1. The van der Waals surface area contributed by atoms with Crippen molar-refractivity contribution in [2.24, 2.45) is 0 Å². The van der Waals surface area contributed by atoms with Gasteiger partial charge in [-0.3, -0.25) is 25.0 Å². The predicted molar refractivity (Wildman–Crippen MR) is 83.4 cm³/mol. The zero-order valence-electron chi connectivity index (χ0n) is 11.3. The van der Waals surface area contributed by atoms with Gasteiger partial charge in [0.05, 0.1) is 15.5 Å². The van der Waals surface area contributed by atoms with E-state index in [-0.39, 0.29) is 22.1 Å². The van der Waals surface area contributed by atoms with Gasteiger partial charge in [-0.15, -0.1) is 0 Å². The maximum Gasteiger partial charge on any atom is 0.324 e. The Labute approximate surface area is 132 Å². The highest BCUT2D eigenvalue weighted by Gasteiger charge is 2.12. The number of phenolic OH excluding ortho intramolecular Hbond substituents is 1. The topological polar surface area (TPSA) is 136 Å². The molecule has 1 aromatic heterocycles. The molecule has 1 aromatic carbocycles. The van der Waals surface area contributed by atoms with E-state index in [4.69, 9.17) is 0 Å². The molecule has 1 heterocycles. The molecule has 0 spiro atoms. The number of aromatic hydroxyl groups is 1. The summed E-state index contributed by atoms with van der Waals surface area (Å²) in [7, 11) is 0. The van der Waals surface area contributed by atoms with E-state index in [1.165, 1.54) is 18.2 Å². The van der Waals surface area contributed by atoms with E-state index in [0.29, 0.717) is 4.88 Å². The second kappa shape index (κ2) is 6.66. The summed E-state index contributed by atoms with van der Waals surface area (Å²) in [5, 5.41) is 33.0. The molecule has 0 radical (unpaired) electrons. The van der Waals surface area contributed by atoms with Crippen molar-refractivity contribution >= 4 is 39.7 Å². The van der Waals surface area contributed by atoms with Crippen LogP contribution in [-0.2, 0) is 4.79 Å². The molecule has 2 rings (SSSR count). The van der Waals surface area contributed by atoms with Gasteiger partial charge in [-0.1, -0.05) is 11.3 Å². The summed E-state index contributed by atoms with van der Waals surface area (Å²) < 4.78 is 0. The van der Waals surface area contributed by atoms with Crippen LogP contribution in [0, 0.1) is 20.2 Å². The molecule has 0 atom stereocenters. The normalized spacial score (nSPS) is 10.6. The summed E-state index contributed by atoms with van der Waals surface area (Å²) in [6.45, 7) is 0. The molecule has 10 heteroatoms. The van der Waals surface area contributed by atoms with Crippen LogP contribution >= 0.6 is 11.3 Å². The van der Waals surface area contributed by atoms with Crippen LogP contribution in [0.15, 0.2) is 36.4 Å². The maximum atomic E-state index is 11.8. The number of non-ortho nitro benzene ring substituents is 1. The predicted octanol–water partition coefficient (Wildman–Crippen LogP) is 2.92. The average molecular weight is 335 g/mol. The average Bonchev–Trinajstić information content (AvgIpc) is 2.96. The van der Waals surface area contributed by atoms with E-state index in [1.807, 2.05) is 0 Å². The lowest BCUT2D eigenvalue weighted by Crippen LogP contribution is -2.08. The van der Waals surface area contributed by atoms with Crippen molar-refractivity contribution in [2.75, 3.05) is 5.32 Å². The molecule has 0 fully saturated rings. The van der Waals surface area contributed by atoms with Crippen molar-refractivity contribution in [3.63, 3.8) is 0 Å². The Morgan fingerprint density at radius 1 is 1.17 bits per heavy atom. The Kier molecular flexibility index (Phi) is 4.66. The molecule has 0 aliphatic carbocycles. The SMILES string of the molecule is O=C(/C=C/c1ccc([N+](=O)[O-])s1)Nc1cc([N+](=O)[O-])ccc1O. The second-order valence-corrected chi connectivity index (χ2v) is 5.31. The molecule has 0 aliphatic heterocycles.